The van der Waals surface area contributed by atoms with Crippen LogP contribution >= 0.6 is 0 Å². The largest absolute Gasteiger partial charge is 0.318 e. The maximum atomic E-state index is 3.57. The first kappa shape index (κ1) is 15.2. The van der Waals surface area contributed by atoms with E-state index in [4.69, 9.17) is 0 Å². The molecule has 0 amide bonds. The predicted molar refractivity (Wildman–Crippen MR) is 79.8 cm³/mol. The van der Waals surface area contributed by atoms with E-state index in [0.717, 1.165) is 19.0 Å². The van der Waals surface area contributed by atoms with Crippen molar-refractivity contribution in [3.05, 3.63) is 35.4 Å². The van der Waals surface area contributed by atoms with Crippen molar-refractivity contribution in [2.75, 3.05) is 13.6 Å². The first-order chi connectivity index (χ1) is 8.43. The van der Waals surface area contributed by atoms with Crippen LogP contribution in [0.5, 0.6) is 0 Å². The highest BCUT2D eigenvalue weighted by Crippen LogP contribution is 2.10. The van der Waals surface area contributed by atoms with Crippen LogP contribution in [0.4, 0.5) is 0 Å². The molecule has 2 heteroatoms. The fourth-order valence-electron chi connectivity index (χ4n) is 2.11. The van der Waals surface area contributed by atoms with Gasteiger partial charge in [0.2, 0.25) is 0 Å². The molecule has 0 aliphatic carbocycles. The van der Waals surface area contributed by atoms with Crippen LogP contribution in [0.3, 0.4) is 0 Å². The quantitative estimate of drug-likeness (QED) is 0.775. The van der Waals surface area contributed by atoms with E-state index in [1.807, 2.05) is 7.05 Å². The lowest BCUT2D eigenvalue weighted by Gasteiger charge is -2.26. The molecule has 0 aliphatic heterocycles. The molecule has 0 aliphatic rings. The predicted octanol–water partition coefficient (Wildman–Crippen LogP) is 2.97. The zero-order valence-corrected chi connectivity index (χ0v) is 12.5. The molecular formula is C16H28N2. The van der Waals surface area contributed by atoms with Gasteiger partial charge in [-0.25, -0.2) is 0 Å². The van der Waals surface area contributed by atoms with Crippen molar-refractivity contribution in [3.8, 4) is 0 Å². The Morgan fingerprint density at radius 2 is 1.61 bits per heavy atom. The van der Waals surface area contributed by atoms with Crippen LogP contribution in [-0.4, -0.2) is 19.1 Å². The standard InChI is InChI=1S/C16H28N2/c1-13(2)10-14-6-8-15(9-7-14)11-18-16(3,4)12-17-5/h6-9,13,17-18H,10-12H2,1-5H3. The van der Waals surface area contributed by atoms with Crippen LogP contribution in [0, 0.1) is 5.92 Å². The van der Waals surface area contributed by atoms with Gasteiger partial charge in [0.15, 0.2) is 0 Å². The fraction of sp³-hybridized carbons (Fsp3) is 0.625. The Morgan fingerprint density at radius 3 is 2.11 bits per heavy atom. The average Bonchev–Trinajstić information content (AvgIpc) is 2.27. The lowest BCUT2D eigenvalue weighted by molar-refractivity contribution is 0.374. The van der Waals surface area contributed by atoms with Crippen molar-refractivity contribution >= 4 is 0 Å². The first-order valence-electron chi connectivity index (χ1n) is 6.90. The Labute approximate surface area is 112 Å². The van der Waals surface area contributed by atoms with Crippen LogP contribution < -0.4 is 10.6 Å². The van der Waals surface area contributed by atoms with Gasteiger partial charge in [-0.1, -0.05) is 38.1 Å². The molecule has 0 atom stereocenters. The van der Waals surface area contributed by atoms with Crippen molar-refractivity contribution in [2.45, 2.75) is 46.2 Å². The summed E-state index contributed by atoms with van der Waals surface area (Å²) in [4.78, 5) is 0. The normalized spacial score (nSPS) is 12.1. The van der Waals surface area contributed by atoms with Gasteiger partial charge in [0.1, 0.15) is 0 Å². The minimum absolute atomic E-state index is 0.130. The highest BCUT2D eigenvalue weighted by atomic mass is 15.0. The van der Waals surface area contributed by atoms with Gasteiger partial charge in [0.25, 0.3) is 0 Å². The number of benzene rings is 1. The van der Waals surface area contributed by atoms with Crippen molar-refractivity contribution in [1.29, 1.82) is 0 Å². The summed E-state index contributed by atoms with van der Waals surface area (Å²) in [6.07, 6.45) is 1.17. The molecular weight excluding hydrogens is 220 g/mol. The second kappa shape index (κ2) is 6.91. The lowest BCUT2D eigenvalue weighted by Crippen LogP contribution is -2.46. The van der Waals surface area contributed by atoms with Crippen molar-refractivity contribution in [3.63, 3.8) is 0 Å². The third-order valence-corrected chi connectivity index (χ3v) is 3.06. The smallest absolute Gasteiger partial charge is 0.0252 e. The van der Waals surface area contributed by atoms with Crippen LogP contribution in [0.25, 0.3) is 0 Å². The Balaban J connectivity index is 2.48. The van der Waals surface area contributed by atoms with Crippen LogP contribution in [0.15, 0.2) is 24.3 Å². The van der Waals surface area contributed by atoms with Crippen LogP contribution in [-0.2, 0) is 13.0 Å². The third-order valence-electron chi connectivity index (χ3n) is 3.06. The topological polar surface area (TPSA) is 24.1 Å². The first-order valence-corrected chi connectivity index (χ1v) is 6.90. The van der Waals surface area contributed by atoms with Crippen LogP contribution in [0.1, 0.15) is 38.8 Å². The Morgan fingerprint density at radius 1 is 1.06 bits per heavy atom. The van der Waals surface area contributed by atoms with E-state index < -0.39 is 0 Å². The summed E-state index contributed by atoms with van der Waals surface area (Å²) in [6, 6.07) is 8.98. The van der Waals surface area contributed by atoms with Gasteiger partial charge < -0.3 is 10.6 Å². The third kappa shape index (κ3) is 5.65. The molecule has 0 bridgehead atoms. The zero-order valence-electron chi connectivity index (χ0n) is 12.5. The molecule has 1 aromatic carbocycles. The summed E-state index contributed by atoms with van der Waals surface area (Å²) >= 11 is 0. The minimum atomic E-state index is 0.130. The van der Waals surface area contributed by atoms with Gasteiger partial charge in [-0.15, -0.1) is 0 Å². The number of likely N-dealkylation sites (N-methyl/N-ethyl adjacent to an activating group) is 1. The summed E-state index contributed by atoms with van der Waals surface area (Å²) in [7, 11) is 1.99. The molecule has 0 saturated carbocycles. The molecule has 0 spiro atoms. The van der Waals surface area contributed by atoms with Crippen molar-refractivity contribution < 1.29 is 0 Å². The van der Waals surface area contributed by atoms with E-state index in [0.29, 0.717) is 0 Å². The summed E-state index contributed by atoms with van der Waals surface area (Å²) < 4.78 is 0. The SMILES string of the molecule is CNCC(C)(C)NCc1ccc(CC(C)C)cc1. The molecule has 0 unspecified atom stereocenters. The van der Waals surface area contributed by atoms with Gasteiger partial charge in [-0.05, 0) is 44.4 Å². The summed E-state index contributed by atoms with van der Waals surface area (Å²) in [6.45, 7) is 10.9. The molecule has 1 aromatic rings. The van der Waals surface area contributed by atoms with Crippen LogP contribution in [0.2, 0.25) is 0 Å². The zero-order chi connectivity index (χ0) is 13.6. The van der Waals surface area contributed by atoms with Crippen molar-refractivity contribution in [1.82, 2.24) is 10.6 Å². The van der Waals surface area contributed by atoms with Gasteiger partial charge >= 0.3 is 0 Å². The van der Waals surface area contributed by atoms with Gasteiger partial charge in [-0.2, -0.15) is 0 Å². The number of hydrogen-bond donors (Lipinski definition) is 2. The van der Waals surface area contributed by atoms with E-state index in [-0.39, 0.29) is 5.54 Å². The summed E-state index contributed by atoms with van der Waals surface area (Å²) in [5.41, 5.74) is 2.92. The average molecular weight is 248 g/mol. The van der Waals surface area contributed by atoms with E-state index in [2.05, 4.69) is 62.6 Å². The lowest BCUT2D eigenvalue weighted by atomic mass is 10.0. The molecule has 2 nitrogen and oxygen atoms in total. The Bertz CT molecular complexity index is 339. The minimum Gasteiger partial charge on any atom is -0.318 e. The molecule has 102 valence electrons. The van der Waals surface area contributed by atoms with Gasteiger partial charge in [-0.3, -0.25) is 0 Å². The maximum absolute atomic E-state index is 3.57. The monoisotopic (exact) mass is 248 g/mol. The van der Waals surface area contributed by atoms with E-state index in [9.17, 15) is 0 Å². The summed E-state index contributed by atoms with van der Waals surface area (Å²) in [5, 5.41) is 6.79. The number of rotatable bonds is 7. The molecule has 0 fully saturated rings. The van der Waals surface area contributed by atoms with Gasteiger partial charge in [0, 0.05) is 18.6 Å². The maximum Gasteiger partial charge on any atom is 0.0252 e. The molecule has 0 radical (unpaired) electrons. The summed E-state index contributed by atoms with van der Waals surface area (Å²) in [5.74, 6) is 0.725. The molecule has 0 heterocycles. The molecule has 0 saturated heterocycles. The molecule has 18 heavy (non-hydrogen) atoms. The second-order valence-electron chi connectivity index (χ2n) is 6.18. The molecule has 0 aromatic heterocycles. The van der Waals surface area contributed by atoms with E-state index >= 15 is 0 Å². The highest BCUT2D eigenvalue weighted by molar-refractivity contribution is 5.22. The highest BCUT2D eigenvalue weighted by Gasteiger charge is 2.14. The van der Waals surface area contributed by atoms with E-state index in [1.165, 1.54) is 17.5 Å². The number of hydrogen-bond acceptors (Lipinski definition) is 2. The molecule has 2 N–H and O–H groups in total. The second-order valence-corrected chi connectivity index (χ2v) is 6.18. The number of nitrogens with one attached hydrogen (secondary N) is 2. The van der Waals surface area contributed by atoms with E-state index in [1.54, 1.807) is 0 Å². The Kier molecular flexibility index (Phi) is 5.83. The fourth-order valence-corrected chi connectivity index (χ4v) is 2.11. The van der Waals surface area contributed by atoms with Gasteiger partial charge in [0.05, 0.1) is 0 Å². The van der Waals surface area contributed by atoms with Crippen molar-refractivity contribution in [2.24, 2.45) is 5.92 Å². The Hall–Kier alpha value is -0.860. The molecule has 1 rings (SSSR count).